The minimum Gasteiger partial charge on any atom is -0.494 e. The van der Waals surface area contributed by atoms with Gasteiger partial charge in [-0.25, -0.2) is 9.78 Å². The number of imidazole rings is 1. The van der Waals surface area contributed by atoms with E-state index in [2.05, 4.69) is 38.7 Å². The van der Waals surface area contributed by atoms with Crippen molar-refractivity contribution < 1.29 is 23.9 Å². The van der Waals surface area contributed by atoms with Gasteiger partial charge in [0.1, 0.15) is 22.7 Å². The maximum Gasteiger partial charge on any atom is 0.407 e. The second-order valence-corrected chi connectivity index (χ2v) is 16.1. The van der Waals surface area contributed by atoms with Crippen molar-refractivity contribution in [2.75, 3.05) is 13.7 Å². The lowest BCUT2D eigenvalue weighted by molar-refractivity contribution is -0.125. The molecule has 50 heavy (non-hydrogen) atoms. The van der Waals surface area contributed by atoms with Gasteiger partial charge in [-0.2, -0.15) is 0 Å². The molecule has 1 aliphatic heterocycles. The molecule has 1 N–H and O–H groups in total. The zero-order valence-corrected chi connectivity index (χ0v) is 30.1. The van der Waals surface area contributed by atoms with Crippen LogP contribution in [0.1, 0.15) is 94.5 Å². The Balaban J connectivity index is 1.13. The number of ketones is 1. The van der Waals surface area contributed by atoms with Gasteiger partial charge in [0.25, 0.3) is 5.91 Å². The van der Waals surface area contributed by atoms with Crippen molar-refractivity contribution in [2.45, 2.75) is 103 Å². The van der Waals surface area contributed by atoms with E-state index >= 15 is 0 Å². The predicted octanol–water partition coefficient (Wildman–Crippen LogP) is 7.21. The standard InChI is InChI=1S/C40H49N5O5/c1-7-32(46)26-15-25(16-26)28-10-8-9-23-18-31(44(35(23)28)20-22-11-12-22)37-41-29-17-27(19-33(49-6)36(29)43(37)5)38(47)45-21-24-13-14-30(45)34(24)42-39(48)50-40(2,3)4/h8-10,17-19,22,24-26,30,34H,7,11-16,20-21H2,1-6H3,(H,42,48)/t24-,25?,26?,30-,34-/m1/s1. The summed E-state index contributed by atoms with van der Waals surface area (Å²) in [5.41, 5.74) is 5.14. The van der Waals surface area contributed by atoms with Gasteiger partial charge in [0.05, 0.1) is 35.9 Å². The lowest BCUT2D eigenvalue weighted by Gasteiger charge is -2.35. The number of alkyl carbamates (subject to hydrolysis) is 1. The van der Waals surface area contributed by atoms with Gasteiger partial charge in [0.2, 0.25) is 0 Å². The van der Waals surface area contributed by atoms with Crippen molar-refractivity contribution in [3.63, 3.8) is 0 Å². The number of nitrogens with one attached hydrogen (secondary N) is 1. The second kappa shape index (κ2) is 12.2. The van der Waals surface area contributed by atoms with Gasteiger partial charge >= 0.3 is 6.09 Å². The Morgan fingerprint density at radius 1 is 1.02 bits per heavy atom. The molecule has 0 radical (unpaired) electrons. The first-order valence-corrected chi connectivity index (χ1v) is 18.4. The van der Waals surface area contributed by atoms with Crippen LogP contribution in [0.3, 0.4) is 0 Å². The fraction of sp³-hybridized carbons (Fsp3) is 0.550. The number of ether oxygens (including phenoxy) is 2. The first-order valence-electron chi connectivity index (χ1n) is 18.4. The van der Waals surface area contributed by atoms with E-state index in [9.17, 15) is 14.4 Å². The zero-order chi connectivity index (χ0) is 35.1. The van der Waals surface area contributed by atoms with Crippen LogP contribution in [0.5, 0.6) is 5.75 Å². The number of amides is 2. The highest BCUT2D eigenvalue weighted by Gasteiger charge is 2.50. The van der Waals surface area contributed by atoms with Crippen molar-refractivity contribution in [1.82, 2.24) is 24.3 Å². The number of nitrogens with zero attached hydrogens (tertiary/aromatic N) is 4. The Bertz CT molecular complexity index is 2010. The van der Waals surface area contributed by atoms with Crippen LogP contribution < -0.4 is 10.1 Å². The molecule has 3 saturated carbocycles. The fourth-order valence-electron chi connectivity index (χ4n) is 8.92. The van der Waals surface area contributed by atoms with Gasteiger partial charge < -0.3 is 28.8 Å². The molecule has 10 heteroatoms. The molecule has 3 heterocycles. The van der Waals surface area contributed by atoms with Gasteiger partial charge in [0, 0.05) is 43.4 Å². The first-order chi connectivity index (χ1) is 23.9. The molecule has 2 amide bonds. The third-order valence-corrected chi connectivity index (χ3v) is 11.6. The molecule has 1 saturated heterocycles. The summed E-state index contributed by atoms with van der Waals surface area (Å²) in [5.74, 6) is 3.14. The Morgan fingerprint density at radius 3 is 2.50 bits per heavy atom. The highest BCUT2D eigenvalue weighted by molar-refractivity contribution is 6.01. The van der Waals surface area contributed by atoms with E-state index < -0.39 is 11.7 Å². The number of carbonyl (C=O) groups is 3. The molecular weight excluding hydrogens is 630 g/mol. The summed E-state index contributed by atoms with van der Waals surface area (Å²) in [5, 5.41) is 4.26. The number of hydrogen-bond acceptors (Lipinski definition) is 6. The van der Waals surface area contributed by atoms with Gasteiger partial charge in [-0.05, 0) is 101 Å². The van der Waals surface area contributed by atoms with E-state index in [1.807, 2.05) is 51.8 Å². The fourth-order valence-corrected chi connectivity index (χ4v) is 8.92. The number of Topliss-reactive ketones (excluding diaryl/α,β-unsaturated/α-hetero) is 1. The number of carbonyl (C=O) groups excluding carboxylic acids is 3. The van der Waals surface area contributed by atoms with E-state index in [4.69, 9.17) is 14.5 Å². The number of likely N-dealkylation sites (tertiary alicyclic amines) is 1. The maximum absolute atomic E-state index is 14.2. The van der Waals surface area contributed by atoms with E-state index in [0.717, 1.165) is 49.3 Å². The molecule has 4 fully saturated rings. The van der Waals surface area contributed by atoms with Crippen LogP contribution in [0.25, 0.3) is 33.5 Å². The summed E-state index contributed by atoms with van der Waals surface area (Å²) < 4.78 is 16.0. The second-order valence-electron chi connectivity index (χ2n) is 16.1. The van der Waals surface area contributed by atoms with Gasteiger partial charge in [-0.3, -0.25) is 9.59 Å². The van der Waals surface area contributed by atoms with Crippen LogP contribution in [0.2, 0.25) is 0 Å². The summed E-state index contributed by atoms with van der Waals surface area (Å²) in [6, 6.07) is 12.4. The monoisotopic (exact) mass is 679 g/mol. The molecule has 2 aromatic carbocycles. The quantitative estimate of drug-likeness (QED) is 0.200. The van der Waals surface area contributed by atoms with E-state index in [0.29, 0.717) is 47.4 Å². The molecule has 3 atom stereocenters. The lowest BCUT2D eigenvalue weighted by Crippen LogP contribution is -2.46. The molecular formula is C40H49N5O5. The summed E-state index contributed by atoms with van der Waals surface area (Å²) in [7, 11) is 3.66. The van der Waals surface area contributed by atoms with E-state index in [1.54, 1.807) is 7.11 Å². The summed E-state index contributed by atoms with van der Waals surface area (Å²) in [4.78, 5) is 46.3. The normalized spacial score (nSPS) is 24.5. The number of rotatable bonds is 9. The minimum absolute atomic E-state index is 0.0755. The van der Waals surface area contributed by atoms with Crippen molar-refractivity contribution in [3.05, 3.63) is 47.5 Å². The molecule has 10 nitrogen and oxygen atoms in total. The molecule has 8 rings (SSSR count). The van der Waals surface area contributed by atoms with Crippen LogP contribution in [-0.4, -0.2) is 68.1 Å². The van der Waals surface area contributed by atoms with E-state index in [-0.39, 0.29) is 29.8 Å². The molecule has 264 valence electrons. The largest absolute Gasteiger partial charge is 0.494 e. The van der Waals surface area contributed by atoms with Crippen molar-refractivity contribution in [2.24, 2.45) is 24.8 Å². The SMILES string of the molecule is CCC(=O)C1CC(c2cccc3cc(-c4nc5cc(C(=O)N6C[C@H]7CC[C@@H]6[C@@H]7NC(=O)OC(C)(C)C)cc(OC)c5n4C)n(CC4CC4)c23)C1. The Kier molecular flexibility index (Phi) is 7.99. The predicted molar refractivity (Wildman–Crippen MR) is 192 cm³/mol. The number of hydrogen-bond donors (Lipinski definition) is 1. The lowest BCUT2D eigenvalue weighted by atomic mass is 9.69. The van der Waals surface area contributed by atoms with Gasteiger partial charge in [-0.15, -0.1) is 0 Å². The number of fused-ring (bicyclic) bond motifs is 4. The maximum atomic E-state index is 14.2. The molecule has 2 aromatic heterocycles. The molecule has 0 spiro atoms. The number of methoxy groups -OCH3 is 1. The highest BCUT2D eigenvalue weighted by Crippen LogP contribution is 2.47. The topological polar surface area (TPSA) is 108 Å². The third kappa shape index (κ3) is 5.64. The summed E-state index contributed by atoms with van der Waals surface area (Å²) in [6.45, 7) is 9.04. The highest BCUT2D eigenvalue weighted by atomic mass is 16.6. The first kappa shape index (κ1) is 32.8. The molecule has 0 unspecified atom stereocenters. The molecule has 3 aliphatic carbocycles. The number of piperidine rings is 1. The number of aromatic nitrogens is 3. The van der Waals surface area contributed by atoms with Crippen LogP contribution in [-0.2, 0) is 23.1 Å². The summed E-state index contributed by atoms with van der Waals surface area (Å²) in [6.07, 6.45) is 6.28. The molecule has 4 aliphatic rings. The number of benzene rings is 2. The van der Waals surface area contributed by atoms with E-state index in [1.165, 1.54) is 29.3 Å². The van der Waals surface area contributed by atoms with Crippen molar-refractivity contribution >= 4 is 39.7 Å². The third-order valence-electron chi connectivity index (χ3n) is 11.6. The Hall–Kier alpha value is -4.34. The average Bonchev–Trinajstić information content (AvgIpc) is 3.39. The Labute approximate surface area is 293 Å². The zero-order valence-electron chi connectivity index (χ0n) is 30.1. The van der Waals surface area contributed by atoms with Crippen LogP contribution >= 0.6 is 0 Å². The number of aryl methyl sites for hydroxylation is 1. The van der Waals surface area contributed by atoms with Gasteiger partial charge in [-0.1, -0.05) is 25.1 Å². The van der Waals surface area contributed by atoms with Crippen LogP contribution in [0.15, 0.2) is 36.4 Å². The smallest absolute Gasteiger partial charge is 0.407 e. The van der Waals surface area contributed by atoms with Crippen molar-refractivity contribution in [3.8, 4) is 17.3 Å². The average molecular weight is 680 g/mol. The number of para-hydroxylation sites is 1. The minimum atomic E-state index is -0.588. The van der Waals surface area contributed by atoms with Gasteiger partial charge in [0.15, 0.2) is 5.82 Å². The van der Waals surface area contributed by atoms with Crippen LogP contribution in [0, 0.1) is 17.8 Å². The summed E-state index contributed by atoms with van der Waals surface area (Å²) >= 11 is 0. The molecule has 4 aromatic rings. The Morgan fingerprint density at radius 2 is 1.80 bits per heavy atom. The van der Waals surface area contributed by atoms with Crippen LogP contribution in [0.4, 0.5) is 4.79 Å². The van der Waals surface area contributed by atoms with Crippen molar-refractivity contribution in [1.29, 1.82) is 0 Å². The molecule has 2 bridgehead atoms.